The number of hydrogen-bond donors (Lipinski definition) is 1. The van der Waals surface area contributed by atoms with Gasteiger partial charge in [-0.15, -0.1) is 0 Å². The highest BCUT2D eigenvalue weighted by Crippen LogP contribution is 2.32. The van der Waals surface area contributed by atoms with Gasteiger partial charge in [0.2, 0.25) is 0 Å². The Morgan fingerprint density at radius 3 is 2.90 bits per heavy atom. The zero-order chi connectivity index (χ0) is 14.8. The quantitative estimate of drug-likeness (QED) is 0.909. The summed E-state index contributed by atoms with van der Waals surface area (Å²) < 4.78 is 2.13. The third-order valence-corrected chi connectivity index (χ3v) is 4.68. The Morgan fingerprint density at radius 1 is 1.33 bits per heavy atom. The van der Waals surface area contributed by atoms with Gasteiger partial charge in [-0.3, -0.25) is 0 Å². The van der Waals surface area contributed by atoms with Crippen molar-refractivity contribution in [2.24, 2.45) is 0 Å². The van der Waals surface area contributed by atoms with Gasteiger partial charge in [-0.25, -0.2) is 4.68 Å². The van der Waals surface area contributed by atoms with Crippen molar-refractivity contribution < 1.29 is 0 Å². The number of aromatic nitrogens is 2. The predicted octanol–water partition coefficient (Wildman–Crippen LogP) is 3.87. The van der Waals surface area contributed by atoms with Gasteiger partial charge in [0.05, 0.1) is 11.4 Å². The molecule has 0 amide bonds. The van der Waals surface area contributed by atoms with Crippen LogP contribution in [0.4, 0.5) is 5.82 Å². The van der Waals surface area contributed by atoms with Crippen LogP contribution in [0.1, 0.15) is 36.6 Å². The Kier molecular flexibility index (Phi) is 4.24. The molecule has 1 aliphatic heterocycles. The van der Waals surface area contributed by atoms with E-state index in [1.54, 1.807) is 0 Å². The van der Waals surface area contributed by atoms with Crippen molar-refractivity contribution in [1.82, 2.24) is 9.78 Å². The number of nitrogens with zero attached hydrogens (tertiary/aromatic N) is 2. The second-order valence-electron chi connectivity index (χ2n) is 5.82. The van der Waals surface area contributed by atoms with Gasteiger partial charge in [0.1, 0.15) is 5.82 Å². The van der Waals surface area contributed by atoms with Crippen LogP contribution in [0.15, 0.2) is 24.3 Å². The predicted molar refractivity (Wildman–Crippen MR) is 91.9 cm³/mol. The number of anilines is 1. The lowest BCUT2D eigenvalue weighted by Crippen LogP contribution is -2.08. The van der Waals surface area contributed by atoms with E-state index in [1.807, 2.05) is 11.8 Å². The van der Waals surface area contributed by atoms with Crippen molar-refractivity contribution in [2.45, 2.75) is 32.6 Å². The maximum absolute atomic E-state index is 4.92. The highest BCUT2D eigenvalue weighted by molar-refractivity contribution is 7.98. The Hall–Kier alpha value is -1.42. The van der Waals surface area contributed by atoms with Crippen LogP contribution in [0.2, 0.25) is 0 Å². The molecule has 1 aliphatic rings. The molecule has 1 N–H and O–H groups in total. The molecule has 0 atom stereocenters. The number of benzene rings is 1. The van der Waals surface area contributed by atoms with Crippen molar-refractivity contribution in [2.75, 3.05) is 23.9 Å². The maximum atomic E-state index is 4.92. The van der Waals surface area contributed by atoms with Crippen molar-refractivity contribution in [3.63, 3.8) is 0 Å². The lowest BCUT2D eigenvalue weighted by atomic mass is 10.0. The van der Waals surface area contributed by atoms with E-state index < -0.39 is 0 Å². The SMILES string of the molecule is CSCCc1nn(-c2ccccc2C(C)C)c2c1CCN2. The molecule has 0 bridgehead atoms. The van der Waals surface area contributed by atoms with Gasteiger partial charge >= 0.3 is 0 Å². The molecule has 112 valence electrons. The Morgan fingerprint density at radius 2 is 2.14 bits per heavy atom. The standard InChI is InChI=1S/C17H23N3S/c1-12(2)13-6-4-5-7-16(13)20-17-14(8-10-18-17)15(19-20)9-11-21-3/h4-7,12,18H,8-11H2,1-3H3. The fourth-order valence-electron chi connectivity index (χ4n) is 2.99. The summed E-state index contributed by atoms with van der Waals surface area (Å²) in [5.74, 6) is 2.84. The second-order valence-corrected chi connectivity index (χ2v) is 6.80. The highest BCUT2D eigenvalue weighted by Gasteiger charge is 2.23. The zero-order valence-corrected chi connectivity index (χ0v) is 13.8. The van der Waals surface area contributed by atoms with E-state index in [0.29, 0.717) is 5.92 Å². The number of para-hydroxylation sites is 1. The minimum atomic E-state index is 0.497. The lowest BCUT2D eigenvalue weighted by molar-refractivity contribution is 0.793. The molecule has 2 heterocycles. The summed E-state index contributed by atoms with van der Waals surface area (Å²) in [6.07, 6.45) is 4.31. The molecule has 4 heteroatoms. The summed E-state index contributed by atoms with van der Waals surface area (Å²) in [4.78, 5) is 0. The minimum absolute atomic E-state index is 0.497. The summed E-state index contributed by atoms with van der Waals surface area (Å²) >= 11 is 1.89. The molecule has 0 unspecified atom stereocenters. The summed E-state index contributed by atoms with van der Waals surface area (Å²) in [6.45, 7) is 5.51. The first-order valence-electron chi connectivity index (χ1n) is 7.65. The largest absolute Gasteiger partial charge is 0.369 e. The fraction of sp³-hybridized carbons (Fsp3) is 0.471. The molecule has 0 saturated carbocycles. The number of nitrogens with one attached hydrogen (secondary N) is 1. The van der Waals surface area contributed by atoms with Crippen LogP contribution >= 0.6 is 11.8 Å². The average Bonchev–Trinajstić information content (AvgIpc) is 3.07. The first-order valence-corrected chi connectivity index (χ1v) is 9.04. The van der Waals surface area contributed by atoms with E-state index in [0.717, 1.165) is 25.1 Å². The van der Waals surface area contributed by atoms with Gasteiger partial charge in [0, 0.05) is 18.5 Å². The molecule has 3 rings (SSSR count). The van der Waals surface area contributed by atoms with Gasteiger partial charge < -0.3 is 5.32 Å². The van der Waals surface area contributed by atoms with Crippen LogP contribution < -0.4 is 5.32 Å². The third-order valence-electron chi connectivity index (χ3n) is 4.06. The summed E-state index contributed by atoms with van der Waals surface area (Å²) in [5.41, 5.74) is 5.26. The van der Waals surface area contributed by atoms with Crippen LogP contribution in [0.25, 0.3) is 5.69 Å². The lowest BCUT2D eigenvalue weighted by Gasteiger charge is -2.14. The average molecular weight is 301 g/mol. The molecule has 0 radical (unpaired) electrons. The van der Waals surface area contributed by atoms with E-state index in [1.165, 1.54) is 28.3 Å². The van der Waals surface area contributed by atoms with Crippen LogP contribution in [-0.2, 0) is 12.8 Å². The molecule has 1 aromatic heterocycles. The Bertz CT molecular complexity index is 631. The second kappa shape index (κ2) is 6.14. The topological polar surface area (TPSA) is 29.9 Å². The Balaban J connectivity index is 2.07. The van der Waals surface area contributed by atoms with Crippen LogP contribution in [0.5, 0.6) is 0 Å². The highest BCUT2D eigenvalue weighted by atomic mass is 32.2. The number of aryl methyl sites for hydroxylation is 1. The van der Waals surface area contributed by atoms with Crippen molar-refractivity contribution >= 4 is 17.6 Å². The summed E-state index contributed by atoms with van der Waals surface area (Å²) in [7, 11) is 0. The van der Waals surface area contributed by atoms with Gasteiger partial charge in [-0.05, 0) is 36.0 Å². The minimum Gasteiger partial charge on any atom is -0.369 e. The van der Waals surface area contributed by atoms with E-state index in [2.05, 4.69) is 54.4 Å². The molecular formula is C17H23N3S. The normalized spacial score (nSPS) is 13.5. The molecular weight excluding hydrogens is 278 g/mol. The fourth-order valence-corrected chi connectivity index (χ4v) is 3.39. The van der Waals surface area contributed by atoms with Gasteiger partial charge in [0.15, 0.2) is 0 Å². The zero-order valence-electron chi connectivity index (χ0n) is 13.0. The molecule has 3 nitrogen and oxygen atoms in total. The van der Waals surface area contributed by atoms with Gasteiger partial charge in [0.25, 0.3) is 0 Å². The van der Waals surface area contributed by atoms with Crippen molar-refractivity contribution in [3.8, 4) is 5.69 Å². The van der Waals surface area contributed by atoms with Crippen molar-refractivity contribution in [1.29, 1.82) is 0 Å². The van der Waals surface area contributed by atoms with E-state index in [9.17, 15) is 0 Å². The van der Waals surface area contributed by atoms with Crippen LogP contribution in [0, 0.1) is 0 Å². The number of hydrogen-bond acceptors (Lipinski definition) is 3. The number of fused-ring (bicyclic) bond motifs is 1. The molecule has 0 spiro atoms. The molecule has 0 saturated heterocycles. The first kappa shape index (κ1) is 14.5. The van der Waals surface area contributed by atoms with Crippen molar-refractivity contribution in [3.05, 3.63) is 41.1 Å². The molecule has 21 heavy (non-hydrogen) atoms. The Labute approximate surface area is 131 Å². The van der Waals surface area contributed by atoms with Gasteiger partial charge in [-0.1, -0.05) is 32.0 Å². The third kappa shape index (κ3) is 2.69. The molecule has 0 fully saturated rings. The first-order chi connectivity index (χ1) is 10.2. The van der Waals surface area contributed by atoms with Gasteiger partial charge in [-0.2, -0.15) is 16.9 Å². The monoisotopic (exact) mass is 301 g/mol. The summed E-state index contributed by atoms with van der Waals surface area (Å²) in [6, 6.07) is 8.61. The number of rotatable bonds is 5. The maximum Gasteiger partial charge on any atom is 0.133 e. The van der Waals surface area contributed by atoms with Crippen LogP contribution in [-0.4, -0.2) is 28.3 Å². The van der Waals surface area contributed by atoms with E-state index in [-0.39, 0.29) is 0 Å². The molecule has 0 aliphatic carbocycles. The molecule has 2 aromatic rings. The van der Waals surface area contributed by atoms with E-state index >= 15 is 0 Å². The van der Waals surface area contributed by atoms with Crippen LogP contribution in [0.3, 0.4) is 0 Å². The molecule has 1 aromatic carbocycles. The summed E-state index contributed by atoms with van der Waals surface area (Å²) in [5, 5.41) is 8.45. The smallest absolute Gasteiger partial charge is 0.133 e. The number of thioether (sulfide) groups is 1. The van der Waals surface area contributed by atoms with E-state index in [4.69, 9.17) is 5.10 Å².